The molecule has 1 unspecified atom stereocenters. The van der Waals surface area contributed by atoms with E-state index in [0.29, 0.717) is 16.5 Å². The van der Waals surface area contributed by atoms with Gasteiger partial charge in [0, 0.05) is 11.8 Å². The van der Waals surface area contributed by atoms with Gasteiger partial charge < -0.3 is 14.5 Å². The van der Waals surface area contributed by atoms with Gasteiger partial charge in [-0.3, -0.25) is 4.79 Å². The van der Waals surface area contributed by atoms with E-state index in [1.165, 1.54) is 13.4 Å². The summed E-state index contributed by atoms with van der Waals surface area (Å²) in [5.74, 6) is 1.36. The highest BCUT2D eigenvalue weighted by atomic mass is 16.5. The Morgan fingerprint density at radius 1 is 1.45 bits per heavy atom. The Labute approximate surface area is 128 Å². The van der Waals surface area contributed by atoms with E-state index < -0.39 is 17.9 Å². The lowest BCUT2D eigenvalue weighted by molar-refractivity contribution is -0.142. The van der Waals surface area contributed by atoms with Crippen molar-refractivity contribution in [3.05, 3.63) is 35.6 Å². The molecule has 1 aromatic carbocycles. The van der Waals surface area contributed by atoms with Crippen LogP contribution in [0.3, 0.4) is 0 Å². The molecular formula is C17H17NO4. The highest BCUT2D eigenvalue weighted by Gasteiger charge is 2.23. The zero-order valence-electron chi connectivity index (χ0n) is 12.5. The number of amides is 1. The third-order valence-corrected chi connectivity index (χ3v) is 3.40. The summed E-state index contributed by atoms with van der Waals surface area (Å²) in [5, 5.41) is 3.29. The molecule has 0 saturated carbocycles. The zero-order valence-corrected chi connectivity index (χ0v) is 12.5. The first-order chi connectivity index (χ1) is 10.6. The molecule has 0 bridgehead atoms. The van der Waals surface area contributed by atoms with E-state index >= 15 is 0 Å². The largest absolute Gasteiger partial charge is 0.467 e. The Balaban J connectivity index is 2.29. The minimum Gasteiger partial charge on any atom is -0.467 e. The van der Waals surface area contributed by atoms with Gasteiger partial charge in [0.1, 0.15) is 17.9 Å². The van der Waals surface area contributed by atoms with E-state index in [4.69, 9.17) is 10.8 Å². The number of carbonyl (C=O) groups excluding carboxylic acids is 2. The van der Waals surface area contributed by atoms with Crippen LogP contribution in [0, 0.1) is 12.3 Å². The summed E-state index contributed by atoms with van der Waals surface area (Å²) in [6.45, 7) is 2.03. The normalized spacial score (nSPS) is 11.7. The average molecular weight is 299 g/mol. The van der Waals surface area contributed by atoms with Crippen molar-refractivity contribution in [2.75, 3.05) is 7.11 Å². The van der Waals surface area contributed by atoms with Crippen molar-refractivity contribution in [1.82, 2.24) is 5.32 Å². The number of fused-ring (bicyclic) bond motifs is 1. The molecule has 0 aliphatic carbocycles. The van der Waals surface area contributed by atoms with E-state index in [1.807, 2.05) is 25.1 Å². The lowest BCUT2D eigenvalue weighted by Crippen LogP contribution is -2.41. The quantitative estimate of drug-likeness (QED) is 0.679. The highest BCUT2D eigenvalue weighted by Crippen LogP contribution is 2.23. The van der Waals surface area contributed by atoms with E-state index in [-0.39, 0.29) is 6.42 Å². The number of hydrogen-bond acceptors (Lipinski definition) is 4. The monoisotopic (exact) mass is 299 g/mol. The number of nitrogens with one attached hydrogen (secondary N) is 1. The number of esters is 1. The van der Waals surface area contributed by atoms with Crippen molar-refractivity contribution in [3.63, 3.8) is 0 Å². The minimum absolute atomic E-state index is 0.0639. The predicted octanol–water partition coefficient (Wildman–Crippen LogP) is 2.29. The number of benzene rings is 1. The summed E-state index contributed by atoms with van der Waals surface area (Å²) in [5.41, 5.74) is 2.08. The van der Waals surface area contributed by atoms with Crippen LogP contribution in [0.4, 0.5) is 0 Å². The maximum Gasteiger partial charge on any atom is 0.329 e. The molecule has 114 valence electrons. The molecule has 2 rings (SSSR count). The molecule has 1 atom stereocenters. The van der Waals surface area contributed by atoms with Crippen LogP contribution in [0.15, 0.2) is 28.9 Å². The molecule has 0 fully saturated rings. The van der Waals surface area contributed by atoms with Crippen molar-refractivity contribution < 1.29 is 18.7 Å². The second-order valence-corrected chi connectivity index (χ2v) is 4.79. The third-order valence-electron chi connectivity index (χ3n) is 3.40. The number of rotatable bonds is 5. The van der Waals surface area contributed by atoms with Crippen LogP contribution in [0.5, 0.6) is 0 Å². The van der Waals surface area contributed by atoms with E-state index in [0.717, 1.165) is 12.0 Å². The van der Waals surface area contributed by atoms with Crippen molar-refractivity contribution in [2.24, 2.45) is 0 Å². The van der Waals surface area contributed by atoms with Crippen LogP contribution >= 0.6 is 0 Å². The van der Waals surface area contributed by atoms with Gasteiger partial charge in [0.05, 0.1) is 12.7 Å². The second-order valence-electron chi connectivity index (χ2n) is 4.79. The maximum atomic E-state index is 12.4. The van der Waals surface area contributed by atoms with Crippen LogP contribution in [-0.4, -0.2) is 25.0 Å². The molecule has 0 radical (unpaired) electrons. The molecular weight excluding hydrogens is 282 g/mol. The first-order valence-corrected chi connectivity index (χ1v) is 6.93. The molecule has 1 N–H and O–H groups in total. The molecule has 5 nitrogen and oxygen atoms in total. The van der Waals surface area contributed by atoms with Gasteiger partial charge in [-0.05, 0) is 24.1 Å². The minimum atomic E-state index is -0.873. The van der Waals surface area contributed by atoms with Gasteiger partial charge in [0.15, 0.2) is 0 Å². The van der Waals surface area contributed by atoms with Gasteiger partial charge in [-0.25, -0.2) is 4.79 Å². The van der Waals surface area contributed by atoms with E-state index in [1.54, 1.807) is 0 Å². The number of carbonyl (C=O) groups is 2. The number of hydrogen-bond donors (Lipinski definition) is 1. The zero-order chi connectivity index (χ0) is 16.1. The topological polar surface area (TPSA) is 68.5 Å². The van der Waals surface area contributed by atoms with Crippen molar-refractivity contribution in [1.29, 1.82) is 0 Å². The van der Waals surface area contributed by atoms with Crippen LogP contribution in [0.2, 0.25) is 0 Å². The summed E-state index contributed by atoms with van der Waals surface area (Å²) in [6.07, 6.45) is 7.51. The Hall–Kier alpha value is -2.74. The van der Waals surface area contributed by atoms with Gasteiger partial charge in [-0.15, -0.1) is 12.3 Å². The first kappa shape index (κ1) is 15.6. The number of aryl methyl sites for hydroxylation is 1. The molecule has 5 heteroatoms. The van der Waals surface area contributed by atoms with Crippen LogP contribution < -0.4 is 5.32 Å². The summed E-state index contributed by atoms with van der Waals surface area (Å²) < 4.78 is 10.0. The molecule has 0 saturated heterocycles. The van der Waals surface area contributed by atoms with Gasteiger partial charge in [-0.1, -0.05) is 13.0 Å². The highest BCUT2D eigenvalue weighted by molar-refractivity contribution is 6.07. The molecule has 1 amide bonds. The summed E-state index contributed by atoms with van der Waals surface area (Å²) in [4.78, 5) is 24.0. The maximum absolute atomic E-state index is 12.4. The molecule has 2 aromatic rings. The first-order valence-electron chi connectivity index (χ1n) is 6.93. The van der Waals surface area contributed by atoms with E-state index in [9.17, 15) is 9.59 Å². The fraction of sp³-hybridized carbons (Fsp3) is 0.294. The number of ether oxygens (including phenoxy) is 1. The Morgan fingerprint density at radius 3 is 2.86 bits per heavy atom. The van der Waals surface area contributed by atoms with Crippen LogP contribution in [0.1, 0.15) is 29.3 Å². The third kappa shape index (κ3) is 3.12. The SMILES string of the molecule is C#CCC(NC(=O)c1coc2ccc(CC)cc12)C(=O)OC. The lowest BCUT2D eigenvalue weighted by atomic mass is 10.1. The molecule has 1 heterocycles. The average Bonchev–Trinajstić information content (AvgIpc) is 2.96. The Morgan fingerprint density at radius 2 is 2.23 bits per heavy atom. The van der Waals surface area contributed by atoms with Gasteiger partial charge in [-0.2, -0.15) is 0 Å². The number of furan rings is 1. The molecule has 0 spiro atoms. The van der Waals surface area contributed by atoms with Crippen LogP contribution in [0.25, 0.3) is 11.0 Å². The van der Waals surface area contributed by atoms with Gasteiger partial charge >= 0.3 is 5.97 Å². The molecule has 0 aliphatic heterocycles. The van der Waals surface area contributed by atoms with Crippen LogP contribution in [-0.2, 0) is 16.0 Å². The van der Waals surface area contributed by atoms with Crippen molar-refractivity contribution in [3.8, 4) is 12.3 Å². The number of terminal acetylenes is 1. The lowest BCUT2D eigenvalue weighted by Gasteiger charge is -2.13. The second kappa shape index (κ2) is 6.81. The number of methoxy groups -OCH3 is 1. The molecule has 22 heavy (non-hydrogen) atoms. The summed E-state index contributed by atoms with van der Waals surface area (Å²) >= 11 is 0. The Kier molecular flexibility index (Phi) is 4.84. The van der Waals surface area contributed by atoms with Gasteiger partial charge in [0.2, 0.25) is 0 Å². The predicted molar refractivity (Wildman–Crippen MR) is 82.3 cm³/mol. The molecule has 0 aliphatic rings. The van der Waals surface area contributed by atoms with Crippen molar-refractivity contribution >= 4 is 22.8 Å². The van der Waals surface area contributed by atoms with E-state index in [2.05, 4.69) is 16.0 Å². The summed E-state index contributed by atoms with van der Waals surface area (Å²) in [6, 6.07) is 4.80. The standard InChI is InChI=1S/C17H17NO4/c1-4-6-14(17(20)21-3)18-16(19)13-10-22-15-8-7-11(5-2)9-12(13)15/h1,7-10,14H,5-6H2,2-3H3,(H,18,19). The molecule has 1 aromatic heterocycles. The Bertz CT molecular complexity index is 739. The smallest absolute Gasteiger partial charge is 0.329 e. The van der Waals surface area contributed by atoms with Crippen molar-refractivity contribution in [2.45, 2.75) is 25.8 Å². The fourth-order valence-electron chi connectivity index (χ4n) is 2.16. The summed E-state index contributed by atoms with van der Waals surface area (Å²) in [7, 11) is 1.25. The van der Waals surface area contributed by atoms with Gasteiger partial charge in [0.25, 0.3) is 5.91 Å². The fourth-order valence-corrected chi connectivity index (χ4v) is 2.16.